The Kier molecular flexibility index (Phi) is 3.67. The first-order valence-corrected chi connectivity index (χ1v) is 4.48. The lowest BCUT2D eigenvalue weighted by atomic mass is 10.1. The minimum absolute atomic E-state index is 0.195. The van der Waals surface area contributed by atoms with Crippen LogP contribution in [0.25, 0.3) is 0 Å². The first-order valence-electron chi connectivity index (χ1n) is 4.48. The molecule has 0 aliphatic rings. The van der Waals surface area contributed by atoms with Gasteiger partial charge in [-0.15, -0.1) is 0 Å². The van der Waals surface area contributed by atoms with Gasteiger partial charge < -0.3 is 9.84 Å². The van der Waals surface area contributed by atoms with Crippen molar-refractivity contribution in [3.63, 3.8) is 0 Å². The van der Waals surface area contributed by atoms with E-state index in [9.17, 15) is 9.59 Å². The van der Waals surface area contributed by atoms with Crippen LogP contribution in [0.2, 0.25) is 0 Å². The van der Waals surface area contributed by atoms with Crippen molar-refractivity contribution in [3.8, 4) is 11.8 Å². The molecule has 0 amide bonds. The molecule has 1 aromatic carbocycles. The highest BCUT2D eigenvalue weighted by molar-refractivity contribution is 5.90. The zero-order chi connectivity index (χ0) is 12.1. The molecule has 0 fully saturated rings. The number of carbonyl (C=O) groups is 2. The van der Waals surface area contributed by atoms with Gasteiger partial charge in [-0.3, -0.25) is 0 Å². The number of hydrogen-bond donors (Lipinski definition) is 1. The molecule has 0 heterocycles. The molecule has 0 saturated heterocycles. The molecular formula is C12H10O4. The van der Waals surface area contributed by atoms with Crippen molar-refractivity contribution in [1.82, 2.24) is 0 Å². The second kappa shape index (κ2) is 4.99. The Hall–Kier alpha value is -2.28. The van der Waals surface area contributed by atoms with Crippen molar-refractivity contribution in [2.45, 2.75) is 6.92 Å². The summed E-state index contributed by atoms with van der Waals surface area (Å²) in [5.41, 5.74) is 1.51. The van der Waals surface area contributed by atoms with E-state index in [-0.39, 0.29) is 5.56 Å². The summed E-state index contributed by atoms with van der Waals surface area (Å²) in [5, 5.41) is 8.75. The van der Waals surface area contributed by atoms with Crippen molar-refractivity contribution in [1.29, 1.82) is 0 Å². The van der Waals surface area contributed by atoms with Crippen LogP contribution in [0.15, 0.2) is 18.2 Å². The van der Waals surface area contributed by atoms with Gasteiger partial charge in [-0.25, -0.2) is 9.59 Å². The number of aryl methyl sites for hydroxylation is 1. The summed E-state index contributed by atoms with van der Waals surface area (Å²) in [4.78, 5) is 21.4. The highest BCUT2D eigenvalue weighted by atomic mass is 16.5. The summed E-state index contributed by atoms with van der Waals surface area (Å²) in [6.07, 6.45) is 0. The standard InChI is InChI=1S/C12H10O4/c1-8-7-10(12(14)15)4-3-9(8)5-6-11(13)16-2/h3-4,7H,1-2H3,(H,14,15). The molecule has 0 bridgehead atoms. The Bertz CT molecular complexity index is 491. The molecule has 16 heavy (non-hydrogen) atoms. The molecule has 1 rings (SSSR count). The summed E-state index contributed by atoms with van der Waals surface area (Å²) in [6.45, 7) is 1.73. The Morgan fingerprint density at radius 1 is 1.38 bits per heavy atom. The number of methoxy groups -OCH3 is 1. The first-order chi connectivity index (χ1) is 7.54. The van der Waals surface area contributed by atoms with E-state index >= 15 is 0 Å². The van der Waals surface area contributed by atoms with Gasteiger partial charge in [0.05, 0.1) is 12.7 Å². The smallest absolute Gasteiger partial charge is 0.384 e. The lowest BCUT2D eigenvalue weighted by Crippen LogP contribution is -1.98. The molecule has 0 aliphatic heterocycles. The largest absolute Gasteiger partial charge is 0.478 e. The molecule has 0 atom stereocenters. The Labute approximate surface area is 92.9 Å². The average molecular weight is 218 g/mol. The molecule has 0 saturated carbocycles. The molecular weight excluding hydrogens is 208 g/mol. The molecule has 0 spiro atoms. The maximum atomic E-state index is 10.8. The van der Waals surface area contributed by atoms with Gasteiger partial charge in [-0.1, -0.05) is 5.92 Å². The van der Waals surface area contributed by atoms with Crippen LogP contribution in [0.5, 0.6) is 0 Å². The van der Waals surface area contributed by atoms with Crippen LogP contribution in [-0.4, -0.2) is 24.2 Å². The molecule has 0 aliphatic carbocycles. The second-order valence-corrected chi connectivity index (χ2v) is 3.08. The Balaban J connectivity index is 3.03. The third-order valence-corrected chi connectivity index (χ3v) is 1.96. The number of carbonyl (C=O) groups excluding carboxylic acids is 1. The van der Waals surface area contributed by atoms with Gasteiger partial charge in [-0.05, 0) is 30.7 Å². The van der Waals surface area contributed by atoms with Gasteiger partial charge in [0.2, 0.25) is 0 Å². The topological polar surface area (TPSA) is 63.6 Å². The number of aromatic carboxylic acids is 1. The summed E-state index contributed by atoms with van der Waals surface area (Å²) in [7, 11) is 1.25. The second-order valence-electron chi connectivity index (χ2n) is 3.08. The van der Waals surface area contributed by atoms with E-state index < -0.39 is 11.9 Å². The number of carboxylic acids is 1. The summed E-state index contributed by atoms with van der Waals surface area (Å²) in [6, 6.07) is 4.51. The summed E-state index contributed by atoms with van der Waals surface area (Å²) < 4.78 is 4.37. The van der Waals surface area contributed by atoms with Crippen molar-refractivity contribution >= 4 is 11.9 Å². The van der Waals surface area contributed by atoms with Gasteiger partial charge >= 0.3 is 11.9 Å². The fourth-order valence-electron chi connectivity index (χ4n) is 1.11. The monoisotopic (exact) mass is 218 g/mol. The Morgan fingerprint density at radius 3 is 2.56 bits per heavy atom. The number of carboxylic acid groups (broad SMARTS) is 1. The molecule has 1 N–H and O–H groups in total. The fourth-order valence-corrected chi connectivity index (χ4v) is 1.11. The summed E-state index contributed by atoms with van der Waals surface area (Å²) in [5.74, 6) is 3.28. The van der Waals surface area contributed by atoms with Crippen LogP contribution in [0.1, 0.15) is 21.5 Å². The van der Waals surface area contributed by atoms with E-state index in [0.717, 1.165) is 0 Å². The number of esters is 1. The van der Waals surface area contributed by atoms with Crippen LogP contribution in [0.4, 0.5) is 0 Å². The molecule has 1 aromatic rings. The third-order valence-electron chi connectivity index (χ3n) is 1.96. The predicted octanol–water partition coefficient (Wildman–Crippen LogP) is 1.22. The number of hydrogen-bond acceptors (Lipinski definition) is 3. The van der Waals surface area contributed by atoms with Gasteiger partial charge in [0.1, 0.15) is 0 Å². The zero-order valence-corrected chi connectivity index (χ0v) is 8.90. The van der Waals surface area contributed by atoms with Crippen molar-refractivity contribution in [2.24, 2.45) is 0 Å². The lowest BCUT2D eigenvalue weighted by molar-refractivity contribution is -0.133. The lowest BCUT2D eigenvalue weighted by Gasteiger charge is -1.99. The third kappa shape index (κ3) is 2.85. The minimum Gasteiger partial charge on any atom is -0.478 e. The number of benzene rings is 1. The fraction of sp³-hybridized carbons (Fsp3) is 0.167. The highest BCUT2D eigenvalue weighted by Gasteiger charge is 2.04. The first kappa shape index (κ1) is 11.8. The molecule has 4 heteroatoms. The minimum atomic E-state index is -0.990. The SMILES string of the molecule is COC(=O)C#Cc1ccc(C(=O)O)cc1C. The maximum Gasteiger partial charge on any atom is 0.384 e. The van der Waals surface area contributed by atoms with Crippen LogP contribution in [0, 0.1) is 18.8 Å². The van der Waals surface area contributed by atoms with Crippen molar-refractivity contribution in [3.05, 3.63) is 34.9 Å². The van der Waals surface area contributed by atoms with Gasteiger partial charge in [0.25, 0.3) is 0 Å². The van der Waals surface area contributed by atoms with E-state index in [1.54, 1.807) is 13.0 Å². The average Bonchev–Trinajstić information content (AvgIpc) is 2.26. The van der Waals surface area contributed by atoms with Crippen LogP contribution >= 0.6 is 0 Å². The van der Waals surface area contributed by atoms with Gasteiger partial charge in [0.15, 0.2) is 0 Å². The normalized spacial score (nSPS) is 8.88. The van der Waals surface area contributed by atoms with E-state index in [1.807, 2.05) is 0 Å². The maximum absolute atomic E-state index is 10.8. The van der Waals surface area contributed by atoms with Crippen molar-refractivity contribution in [2.75, 3.05) is 7.11 Å². The molecule has 0 radical (unpaired) electrons. The van der Waals surface area contributed by atoms with Gasteiger partial charge in [0, 0.05) is 11.5 Å². The van der Waals surface area contributed by atoms with E-state index in [0.29, 0.717) is 11.1 Å². The Morgan fingerprint density at radius 2 is 2.06 bits per heavy atom. The molecule has 0 aromatic heterocycles. The number of ether oxygens (including phenoxy) is 1. The van der Waals surface area contributed by atoms with Crippen LogP contribution in [0.3, 0.4) is 0 Å². The number of rotatable bonds is 1. The molecule has 4 nitrogen and oxygen atoms in total. The summed E-state index contributed by atoms with van der Waals surface area (Å²) >= 11 is 0. The van der Waals surface area contributed by atoms with Gasteiger partial charge in [-0.2, -0.15) is 0 Å². The quantitative estimate of drug-likeness (QED) is 0.568. The van der Waals surface area contributed by atoms with E-state index in [1.165, 1.54) is 19.2 Å². The van der Waals surface area contributed by atoms with Crippen LogP contribution < -0.4 is 0 Å². The molecule has 0 unspecified atom stereocenters. The van der Waals surface area contributed by atoms with E-state index in [4.69, 9.17) is 5.11 Å². The van der Waals surface area contributed by atoms with E-state index in [2.05, 4.69) is 16.6 Å². The molecule has 82 valence electrons. The van der Waals surface area contributed by atoms with Crippen molar-refractivity contribution < 1.29 is 19.4 Å². The predicted molar refractivity (Wildman–Crippen MR) is 57.0 cm³/mol. The highest BCUT2D eigenvalue weighted by Crippen LogP contribution is 2.09. The van der Waals surface area contributed by atoms with Crippen LogP contribution in [-0.2, 0) is 9.53 Å². The zero-order valence-electron chi connectivity index (χ0n) is 8.90.